The van der Waals surface area contributed by atoms with E-state index in [1.807, 2.05) is 24.3 Å². The van der Waals surface area contributed by atoms with Crippen LogP contribution in [0.4, 0.5) is 14.9 Å². The minimum atomic E-state index is -0.341. The average molecular weight is 388 g/mol. The van der Waals surface area contributed by atoms with Gasteiger partial charge in [-0.1, -0.05) is 42.0 Å². The third-order valence-electron chi connectivity index (χ3n) is 4.69. The first-order valence-corrected chi connectivity index (χ1v) is 9.43. The maximum absolute atomic E-state index is 13.0. The van der Waals surface area contributed by atoms with Crippen molar-refractivity contribution in [2.75, 3.05) is 11.9 Å². The summed E-state index contributed by atoms with van der Waals surface area (Å²) in [7, 11) is 0. The number of nitrogens with one attached hydrogen (secondary N) is 2. The number of aryl methyl sites for hydroxylation is 1. The molecule has 5 nitrogen and oxygen atoms in total. The molecule has 4 rings (SSSR count). The predicted octanol–water partition coefficient (Wildman–Crippen LogP) is 4.97. The maximum Gasteiger partial charge on any atom is 0.319 e. The lowest BCUT2D eigenvalue weighted by Gasteiger charge is -2.11. The number of amides is 2. The fourth-order valence-corrected chi connectivity index (χ4v) is 3.21. The van der Waals surface area contributed by atoms with Gasteiger partial charge < -0.3 is 15.2 Å². The second kappa shape index (κ2) is 8.14. The molecule has 0 saturated heterocycles. The number of benzene rings is 3. The summed E-state index contributed by atoms with van der Waals surface area (Å²) in [5.41, 5.74) is 4.69. The van der Waals surface area contributed by atoms with Crippen LogP contribution in [0, 0.1) is 12.7 Å². The van der Waals surface area contributed by atoms with Gasteiger partial charge in [-0.2, -0.15) is 0 Å². The lowest BCUT2D eigenvalue weighted by molar-refractivity contribution is 0.251. The number of imidazole rings is 1. The Bertz CT molecular complexity index is 1130. The van der Waals surface area contributed by atoms with Crippen LogP contribution in [0.25, 0.3) is 22.4 Å². The van der Waals surface area contributed by atoms with Crippen LogP contribution in [0.5, 0.6) is 0 Å². The normalized spacial score (nSPS) is 10.8. The summed E-state index contributed by atoms with van der Waals surface area (Å²) in [6.45, 7) is 3.04. The molecular weight excluding hydrogens is 367 g/mol. The van der Waals surface area contributed by atoms with Gasteiger partial charge >= 0.3 is 6.03 Å². The zero-order valence-electron chi connectivity index (χ0n) is 16.0. The quantitative estimate of drug-likeness (QED) is 0.507. The minimum absolute atomic E-state index is 0.335. The summed E-state index contributed by atoms with van der Waals surface area (Å²) in [4.78, 5) is 16.9. The number of aromatic nitrogens is 2. The topological polar surface area (TPSA) is 59.0 Å². The van der Waals surface area contributed by atoms with Crippen LogP contribution in [-0.4, -0.2) is 22.1 Å². The molecule has 0 atom stereocenters. The van der Waals surface area contributed by atoms with Crippen molar-refractivity contribution in [1.82, 2.24) is 14.9 Å². The molecule has 0 bridgehead atoms. The molecule has 0 fully saturated rings. The van der Waals surface area contributed by atoms with Gasteiger partial charge in [0.05, 0.1) is 11.0 Å². The summed E-state index contributed by atoms with van der Waals surface area (Å²) >= 11 is 0. The summed E-state index contributed by atoms with van der Waals surface area (Å²) in [5.74, 6) is 0.526. The lowest BCUT2D eigenvalue weighted by atomic mass is 10.1. The van der Waals surface area contributed by atoms with Crippen molar-refractivity contribution in [2.24, 2.45) is 0 Å². The second-order valence-corrected chi connectivity index (χ2v) is 6.83. The number of fused-ring (bicyclic) bond motifs is 1. The third-order valence-corrected chi connectivity index (χ3v) is 4.69. The number of para-hydroxylation sites is 2. The van der Waals surface area contributed by atoms with Crippen molar-refractivity contribution >= 4 is 22.8 Å². The number of halogens is 1. The second-order valence-electron chi connectivity index (χ2n) is 6.83. The molecule has 0 spiro atoms. The van der Waals surface area contributed by atoms with Crippen LogP contribution in [0.15, 0.2) is 72.8 Å². The molecule has 0 aliphatic heterocycles. The van der Waals surface area contributed by atoms with Gasteiger partial charge in [-0.3, -0.25) is 0 Å². The zero-order chi connectivity index (χ0) is 20.2. The number of urea groups is 1. The van der Waals surface area contributed by atoms with Gasteiger partial charge in [0.15, 0.2) is 0 Å². The van der Waals surface area contributed by atoms with E-state index in [4.69, 9.17) is 4.98 Å². The molecule has 6 heteroatoms. The van der Waals surface area contributed by atoms with E-state index in [-0.39, 0.29) is 11.8 Å². The Balaban J connectivity index is 1.49. The van der Waals surface area contributed by atoms with Crippen LogP contribution in [0.2, 0.25) is 0 Å². The van der Waals surface area contributed by atoms with Crippen LogP contribution < -0.4 is 10.6 Å². The highest BCUT2D eigenvalue weighted by Gasteiger charge is 2.12. The van der Waals surface area contributed by atoms with Crippen molar-refractivity contribution in [3.8, 4) is 11.4 Å². The van der Waals surface area contributed by atoms with E-state index in [0.717, 1.165) is 22.4 Å². The van der Waals surface area contributed by atoms with Crippen LogP contribution in [0.1, 0.15) is 5.56 Å². The summed E-state index contributed by atoms with van der Waals surface area (Å²) in [6.07, 6.45) is 0. The highest BCUT2D eigenvalue weighted by Crippen LogP contribution is 2.25. The first-order chi connectivity index (χ1) is 14.1. The van der Waals surface area contributed by atoms with Gasteiger partial charge in [0, 0.05) is 24.3 Å². The highest BCUT2D eigenvalue weighted by atomic mass is 19.1. The van der Waals surface area contributed by atoms with Gasteiger partial charge in [0.25, 0.3) is 0 Å². The molecule has 0 saturated carbocycles. The third kappa shape index (κ3) is 4.27. The van der Waals surface area contributed by atoms with E-state index in [1.165, 1.54) is 29.8 Å². The fraction of sp³-hybridized carbons (Fsp3) is 0.130. The van der Waals surface area contributed by atoms with Gasteiger partial charge in [-0.15, -0.1) is 0 Å². The van der Waals surface area contributed by atoms with Crippen molar-refractivity contribution in [1.29, 1.82) is 0 Å². The molecule has 146 valence electrons. The summed E-state index contributed by atoms with van der Waals surface area (Å²) < 4.78 is 15.1. The summed E-state index contributed by atoms with van der Waals surface area (Å²) in [6, 6.07) is 21.5. The van der Waals surface area contributed by atoms with Crippen molar-refractivity contribution < 1.29 is 9.18 Å². The lowest BCUT2D eigenvalue weighted by Crippen LogP contribution is -2.31. The zero-order valence-corrected chi connectivity index (χ0v) is 16.0. The Hall–Kier alpha value is -3.67. The average Bonchev–Trinajstić information content (AvgIpc) is 3.09. The van der Waals surface area contributed by atoms with E-state index in [1.54, 1.807) is 0 Å². The first kappa shape index (κ1) is 18.7. The van der Waals surface area contributed by atoms with Crippen molar-refractivity contribution in [3.63, 3.8) is 0 Å². The highest BCUT2D eigenvalue weighted by molar-refractivity contribution is 5.89. The SMILES string of the molecule is Cc1ccc(-c2nc3ccccc3n2CCNC(=O)Nc2ccc(F)cc2)cc1. The van der Waals surface area contributed by atoms with Gasteiger partial charge in [0.2, 0.25) is 0 Å². The van der Waals surface area contributed by atoms with Crippen LogP contribution >= 0.6 is 0 Å². The molecule has 4 aromatic rings. The predicted molar refractivity (Wildman–Crippen MR) is 113 cm³/mol. The molecule has 0 aliphatic rings. The largest absolute Gasteiger partial charge is 0.336 e. The Morgan fingerprint density at radius 3 is 2.48 bits per heavy atom. The van der Waals surface area contributed by atoms with Crippen molar-refractivity contribution in [3.05, 3.63) is 84.2 Å². The van der Waals surface area contributed by atoms with E-state index in [0.29, 0.717) is 18.8 Å². The molecule has 3 aromatic carbocycles. The van der Waals surface area contributed by atoms with Crippen LogP contribution in [0.3, 0.4) is 0 Å². The molecule has 0 unspecified atom stereocenters. The van der Waals surface area contributed by atoms with Gasteiger partial charge in [-0.25, -0.2) is 14.2 Å². The molecule has 0 radical (unpaired) electrons. The Morgan fingerprint density at radius 2 is 1.72 bits per heavy atom. The molecule has 1 aromatic heterocycles. The number of carbonyl (C=O) groups is 1. The first-order valence-electron chi connectivity index (χ1n) is 9.43. The number of carbonyl (C=O) groups excluding carboxylic acids is 1. The van der Waals surface area contributed by atoms with Crippen molar-refractivity contribution in [2.45, 2.75) is 13.5 Å². The monoisotopic (exact) mass is 388 g/mol. The Kier molecular flexibility index (Phi) is 5.24. The van der Waals surface area contributed by atoms with Crippen LogP contribution in [-0.2, 0) is 6.54 Å². The van der Waals surface area contributed by atoms with E-state index >= 15 is 0 Å². The van der Waals surface area contributed by atoms with E-state index in [9.17, 15) is 9.18 Å². The van der Waals surface area contributed by atoms with Gasteiger partial charge in [0.1, 0.15) is 11.6 Å². The molecular formula is C23H21FN4O. The standard InChI is InChI=1S/C23H21FN4O/c1-16-6-8-17(9-7-16)22-27-20-4-2-3-5-21(20)28(22)15-14-25-23(29)26-19-12-10-18(24)11-13-19/h2-13H,14-15H2,1H3,(H2,25,26,29). The number of nitrogens with zero attached hydrogens (tertiary/aromatic N) is 2. The molecule has 0 aliphatic carbocycles. The number of rotatable bonds is 5. The molecule has 1 heterocycles. The van der Waals surface area contributed by atoms with E-state index < -0.39 is 0 Å². The Morgan fingerprint density at radius 1 is 1.00 bits per heavy atom. The number of anilines is 1. The fourth-order valence-electron chi connectivity index (χ4n) is 3.21. The molecule has 2 N–H and O–H groups in total. The number of hydrogen-bond donors (Lipinski definition) is 2. The smallest absolute Gasteiger partial charge is 0.319 e. The maximum atomic E-state index is 13.0. The van der Waals surface area contributed by atoms with E-state index in [2.05, 4.69) is 46.4 Å². The molecule has 2 amide bonds. The Labute approximate surface area is 168 Å². The molecule has 29 heavy (non-hydrogen) atoms. The minimum Gasteiger partial charge on any atom is -0.336 e. The number of hydrogen-bond acceptors (Lipinski definition) is 2. The van der Waals surface area contributed by atoms with Gasteiger partial charge in [-0.05, 0) is 43.3 Å². The summed E-state index contributed by atoms with van der Waals surface area (Å²) in [5, 5.41) is 5.54.